The van der Waals surface area contributed by atoms with Crippen molar-refractivity contribution >= 4 is 30.3 Å². The molecule has 8 heteroatoms. The molecule has 188 valence electrons. The molecular weight excluding hydrogens is 454 g/mol. The van der Waals surface area contributed by atoms with E-state index in [2.05, 4.69) is 11.0 Å². The van der Waals surface area contributed by atoms with E-state index in [-0.39, 0.29) is 35.7 Å². The number of ether oxygens (including phenoxy) is 1. The maximum Gasteiger partial charge on any atom is 0.414 e. The molecule has 4 rings (SSSR count). The van der Waals surface area contributed by atoms with Crippen molar-refractivity contribution in [3.63, 3.8) is 0 Å². The van der Waals surface area contributed by atoms with Crippen LogP contribution in [-0.2, 0) is 16.0 Å². The van der Waals surface area contributed by atoms with E-state index in [0.29, 0.717) is 37.1 Å². The van der Waals surface area contributed by atoms with E-state index in [1.807, 2.05) is 26.0 Å². The minimum Gasteiger partial charge on any atom is -0.410 e. The Hall–Kier alpha value is -2.12. The number of likely N-dealkylation sites (tertiary alicyclic amines) is 2. The molecule has 0 aromatic heterocycles. The van der Waals surface area contributed by atoms with Gasteiger partial charge in [0.2, 0.25) is 11.8 Å². The minimum atomic E-state index is -0.340. The molecule has 1 aromatic rings. The van der Waals surface area contributed by atoms with E-state index in [1.54, 1.807) is 14.1 Å². The Morgan fingerprint density at radius 1 is 1.09 bits per heavy atom. The van der Waals surface area contributed by atoms with E-state index in [1.165, 1.54) is 20.9 Å². The first-order chi connectivity index (χ1) is 15.7. The van der Waals surface area contributed by atoms with Gasteiger partial charge in [-0.15, -0.1) is 12.4 Å². The third-order valence-electron chi connectivity index (χ3n) is 7.42. The second-order valence-corrected chi connectivity index (χ2v) is 10.8. The second-order valence-electron chi connectivity index (χ2n) is 10.8. The van der Waals surface area contributed by atoms with Gasteiger partial charge in [0.1, 0.15) is 5.75 Å². The summed E-state index contributed by atoms with van der Waals surface area (Å²) in [5.41, 5.74) is 2.29. The van der Waals surface area contributed by atoms with Crippen molar-refractivity contribution in [3.8, 4) is 5.75 Å². The lowest BCUT2D eigenvalue weighted by molar-refractivity contribution is -0.152. The fourth-order valence-corrected chi connectivity index (χ4v) is 5.76. The van der Waals surface area contributed by atoms with Crippen LogP contribution in [0.2, 0.25) is 0 Å². The van der Waals surface area contributed by atoms with Gasteiger partial charge in [-0.1, -0.05) is 26.0 Å². The van der Waals surface area contributed by atoms with Gasteiger partial charge in [-0.05, 0) is 67.8 Å². The number of piperidine rings is 1. The molecule has 2 aliphatic heterocycles. The van der Waals surface area contributed by atoms with E-state index in [4.69, 9.17) is 4.74 Å². The molecule has 2 saturated heterocycles. The zero-order valence-electron chi connectivity index (χ0n) is 20.8. The lowest BCUT2D eigenvalue weighted by Crippen LogP contribution is -2.46. The molecular formula is C26H38ClN3O4. The van der Waals surface area contributed by atoms with Crippen LogP contribution in [0, 0.1) is 5.41 Å². The molecule has 2 fully saturated rings. The molecule has 3 amide bonds. The van der Waals surface area contributed by atoms with Crippen LogP contribution < -0.4 is 4.74 Å². The highest BCUT2D eigenvalue weighted by molar-refractivity contribution is 5.98. The largest absolute Gasteiger partial charge is 0.414 e. The average molecular weight is 492 g/mol. The van der Waals surface area contributed by atoms with Gasteiger partial charge in [-0.3, -0.25) is 19.4 Å². The molecule has 0 saturated carbocycles. The average Bonchev–Trinajstić information content (AvgIpc) is 3.15. The number of hydrogen-bond acceptors (Lipinski definition) is 5. The van der Waals surface area contributed by atoms with E-state index in [0.717, 1.165) is 45.2 Å². The van der Waals surface area contributed by atoms with E-state index >= 15 is 0 Å². The smallest absolute Gasteiger partial charge is 0.410 e. The maximum atomic E-state index is 12.4. The number of nitrogens with zero attached hydrogens (tertiary/aromatic N) is 3. The number of amides is 3. The van der Waals surface area contributed by atoms with Gasteiger partial charge >= 0.3 is 6.09 Å². The van der Waals surface area contributed by atoms with Crippen molar-refractivity contribution in [2.24, 2.45) is 5.41 Å². The Morgan fingerprint density at radius 3 is 2.44 bits per heavy atom. The van der Waals surface area contributed by atoms with Gasteiger partial charge in [0, 0.05) is 45.4 Å². The first-order valence-electron chi connectivity index (χ1n) is 12.2. The summed E-state index contributed by atoms with van der Waals surface area (Å²) < 4.78 is 5.63. The van der Waals surface area contributed by atoms with Crippen LogP contribution >= 0.6 is 12.4 Å². The predicted molar refractivity (Wildman–Crippen MR) is 133 cm³/mol. The summed E-state index contributed by atoms with van der Waals surface area (Å²) in [6, 6.07) is 6.60. The molecule has 0 radical (unpaired) electrons. The molecule has 7 nitrogen and oxygen atoms in total. The highest BCUT2D eigenvalue weighted by atomic mass is 35.5. The summed E-state index contributed by atoms with van der Waals surface area (Å²) in [6.07, 6.45) is 5.50. The SMILES string of the molecule is CN(C)C(=O)Oc1cccc2c1CCC1C2CCN1CCCCN1C(=O)CC(C)(C)CC1=O.Cl. The van der Waals surface area contributed by atoms with Crippen LogP contribution in [0.15, 0.2) is 18.2 Å². The number of fused-ring (bicyclic) bond motifs is 3. The first kappa shape index (κ1) is 26.5. The zero-order chi connectivity index (χ0) is 23.8. The summed E-state index contributed by atoms with van der Waals surface area (Å²) in [7, 11) is 3.39. The van der Waals surface area contributed by atoms with Crippen LogP contribution in [-0.4, -0.2) is 72.4 Å². The lowest BCUT2D eigenvalue weighted by atomic mass is 9.79. The number of imide groups is 1. The van der Waals surface area contributed by atoms with E-state index < -0.39 is 0 Å². The Bertz CT molecular complexity index is 913. The lowest BCUT2D eigenvalue weighted by Gasteiger charge is -2.35. The van der Waals surface area contributed by atoms with Gasteiger partial charge in [0.15, 0.2) is 0 Å². The zero-order valence-corrected chi connectivity index (χ0v) is 21.7. The van der Waals surface area contributed by atoms with Crippen molar-refractivity contribution in [2.45, 2.75) is 70.8 Å². The molecule has 1 aromatic carbocycles. The number of unbranched alkanes of at least 4 members (excludes halogenated alkanes) is 1. The number of halogens is 1. The summed E-state index contributed by atoms with van der Waals surface area (Å²) in [5, 5.41) is 0. The van der Waals surface area contributed by atoms with Crippen LogP contribution in [0.4, 0.5) is 4.79 Å². The van der Waals surface area contributed by atoms with E-state index in [9.17, 15) is 14.4 Å². The predicted octanol–water partition coefficient (Wildman–Crippen LogP) is 4.23. The van der Waals surface area contributed by atoms with Gasteiger partial charge in [0.25, 0.3) is 0 Å². The van der Waals surface area contributed by atoms with Gasteiger partial charge in [-0.25, -0.2) is 4.79 Å². The molecule has 0 spiro atoms. The number of hydrogen-bond donors (Lipinski definition) is 0. The Morgan fingerprint density at radius 2 is 1.76 bits per heavy atom. The normalized spacial score (nSPS) is 23.7. The first-order valence-corrected chi connectivity index (χ1v) is 12.2. The Balaban J connectivity index is 0.00000324. The van der Waals surface area contributed by atoms with Crippen molar-refractivity contribution < 1.29 is 19.1 Å². The highest BCUT2D eigenvalue weighted by Gasteiger charge is 2.40. The molecule has 3 aliphatic rings. The quantitative estimate of drug-likeness (QED) is 0.440. The van der Waals surface area contributed by atoms with Gasteiger partial charge < -0.3 is 9.64 Å². The summed E-state index contributed by atoms with van der Waals surface area (Å²) in [5.74, 6) is 1.13. The second kappa shape index (κ2) is 10.6. The topological polar surface area (TPSA) is 70.2 Å². The Kier molecular flexibility index (Phi) is 8.30. The van der Waals surface area contributed by atoms with Crippen LogP contribution in [0.5, 0.6) is 5.75 Å². The molecule has 34 heavy (non-hydrogen) atoms. The van der Waals surface area contributed by atoms with Crippen molar-refractivity contribution in [2.75, 3.05) is 33.7 Å². The molecule has 2 unspecified atom stereocenters. The third-order valence-corrected chi connectivity index (χ3v) is 7.42. The maximum absolute atomic E-state index is 12.4. The van der Waals surface area contributed by atoms with Crippen molar-refractivity contribution in [1.82, 2.24) is 14.7 Å². The fraction of sp³-hybridized carbons (Fsp3) is 0.654. The van der Waals surface area contributed by atoms with Gasteiger partial charge in [-0.2, -0.15) is 0 Å². The molecule has 2 atom stereocenters. The number of carbonyl (C=O) groups excluding carboxylic acids is 3. The molecule has 0 N–H and O–H groups in total. The monoisotopic (exact) mass is 491 g/mol. The summed E-state index contributed by atoms with van der Waals surface area (Å²) in [4.78, 5) is 42.3. The van der Waals surface area contributed by atoms with Crippen LogP contribution in [0.3, 0.4) is 0 Å². The van der Waals surface area contributed by atoms with Gasteiger partial charge in [0.05, 0.1) is 0 Å². The summed E-state index contributed by atoms with van der Waals surface area (Å²) in [6.45, 7) is 6.57. The van der Waals surface area contributed by atoms with Crippen LogP contribution in [0.1, 0.15) is 69.4 Å². The number of rotatable bonds is 6. The highest BCUT2D eigenvalue weighted by Crippen LogP contribution is 2.44. The minimum absolute atomic E-state index is 0. The molecule has 2 heterocycles. The molecule has 0 bridgehead atoms. The summed E-state index contributed by atoms with van der Waals surface area (Å²) >= 11 is 0. The standard InChI is InChI=1S/C26H37N3O4.ClH/c1-26(2)16-23(30)29(24(31)17-26)14-6-5-13-28-15-12-19-18-8-7-9-22(33-25(32)27(3)4)20(18)10-11-21(19)28;/h7-9,19,21H,5-6,10-17H2,1-4H3;1H. The Labute approximate surface area is 209 Å². The van der Waals surface area contributed by atoms with Crippen LogP contribution in [0.25, 0.3) is 0 Å². The fourth-order valence-electron chi connectivity index (χ4n) is 5.76. The van der Waals surface area contributed by atoms with Crippen molar-refractivity contribution in [1.29, 1.82) is 0 Å². The number of carbonyl (C=O) groups is 3. The number of benzene rings is 1. The molecule has 1 aliphatic carbocycles. The van der Waals surface area contributed by atoms with Crippen molar-refractivity contribution in [3.05, 3.63) is 29.3 Å². The third kappa shape index (κ3) is 5.57.